The van der Waals surface area contributed by atoms with Crippen LogP contribution in [0.4, 0.5) is 4.79 Å². The molecular weight excluding hydrogens is 508 g/mol. The van der Waals surface area contributed by atoms with E-state index in [1.54, 1.807) is 38.1 Å². The van der Waals surface area contributed by atoms with Crippen molar-refractivity contribution >= 4 is 30.6 Å². The Morgan fingerprint density at radius 3 is 2.36 bits per heavy atom. The molecule has 2 aromatic rings. The molecule has 1 unspecified atom stereocenters. The van der Waals surface area contributed by atoms with Gasteiger partial charge >= 0.3 is 12.1 Å². The number of nitrogens with one attached hydrogen (secondary N) is 1. The monoisotopic (exact) mass is 542 g/mol. The van der Waals surface area contributed by atoms with Crippen molar-refractivity contribution in [3.8, 4) is 16.9 Å². The van der Waals surface area contributed by atoms with Crippen molar-refractivity contribution in [1.82, 2.24) is 10.3 Å². The zero-order valence-corrected chi connectivity index (χ0v) is 22.7. The van der Waals surface area contributed by atoms with Crippen molar-refractivity contribution in [2.75, 3.05) is 13.7 Å². The van der Waals surface area contributed by atoms with Gasteiger partial charge in [-0.15, -0.1) is 0 Å². The molecule has 1 amide bonds. The fraction of sp³-hybridized carbons (Fsp3) is 0.393. The molecule has 0 spiro atoms. The summed E-state index contributed by atoms with van der Waals surface area (Å²) >= 11 is 0. The second-order valence-electron chi connectivity index (χ2n) is 8.97. The Kier molecular flexibility index (Phi) is 11.5. The predicted octanol–water partition coefficient (Wildman–Crippen LogP) is 4.61. The minimum absolute atomic E-state index is 0.0754. The quantitative estimate of drug-likeness (QED) is 0.247. The number of methoxy groups -OCH3 is 1. The Bertz CT molecular complexity index is 1210. The van der Waals surface area contributed by atoms with Crippen LogP contribution in [-0.2, 0) is 19.0 Å². The highest BCUT2D eigenvalue weighted by atomic mass is 16.8. The predicted molar refractivity (Wildman–Crippen MR) is 142 cm³/mol. The van der Waals surface area contributed by atoms with Crippen molar-refractivity contribution in [1.29, 1.82) is 0 Å². The van der Waals surface area contributed by atoms with E-state index in [9.17, 15) is 14.4 Å². The van der Waals surface area contributed by atoms with Crippen LogP contribution in [0.1, 0.15) is 65.7 Å². The Morgan fingerprint density at radius 1 is 1.13 bits per heavy atom. The highest BCUT2D eigenvalue weighted by molar-refractivity contribution is 5.99. The summed E-state index contributed by atoms with van der Waals surface area (Å²) in [6.07, 6.45) is 1.24. The van der Waals surface area contributed by atoms with Crippen molar-refractivity contribution < 1.29 is 43.2 Å². The summed E-state index contributed by atoms with van der Waals surface area (Å²) in [6, 6.07) is 6.85. The number of amides is 1. The molecule has 1 saturated carbocycles. The third-order valence-electron chi connectivity index (χ3n) is 5.52. The zero-order chi connectivity index (χ0) is 29.1. The summed E-state index contributed by atoms with van der Waals surface area (Å²) in [5, 5.41) is 9.73. The Balaban J connectivity index is 0.00000170. The van der Waals surface area contributed by atoms with Crippen LogP contribution >= 0.6 is 0 Å². The average Bonchev–Trinajstić information content (AvgIpc) is 3.71. The van der Waals surface area contributed by atoms with Gasteiger partial charge in [-0.2, -0.15) is 0 Å². The molecule has 2 N–H and O–H groups in total. The Hall–Kier alpha value is -4.41. The van der Waals surface area contributed by atoms with E-state index in [2.05, 4.69) is 16.9 Å². The molecule has 1 fully saturated rings. The third-order valence-corrected chi connectivity index (χ3v) is 5.52. The summed E-state index contributed by atoms with van der Waals surface area (Å²) in [4.78, 5) is 50.4. The first kappa shape index (κ1) is 30.8. The standard InChI is InChI=1S/C27H32N2O7.CH2O2/c1-7-19-12-16(4)21(13-23(19)33-6)20-10-11-22(25(30)28-14-18-8-9-18)29-24(20)26(31)35-17(5)36-27(32)34-15(2)3;2-1-3/h7,10-13,15,17-18H,1,8-9,14H2,2-6H3,(H,28,30);1H,(H,2,3). The van der Waals surface area contributed by atoms with Crippen LogP contribution < -0.4 is 10.1 Å². The molecule has 1 aliphatic carbocycles. The van der Waals surface area contributed by atoms with Crippen LogP contribution in [0.2, 0.25) is 0 Å². The number of carboxylic acid groups (broad SMARTS) is 1. The van der Waals surface area contributed by atoms with Gasteiger partial charge in [0, 0.05) is 24.6 Å². The van der Waals surface area contributed by atoms with E-state index in [1.165, 1.54) is 14.0 Å². The van der Waals surface area contributed by atoms with E-state index in [0.29, 0.717) is 29.3 Å². The molecule has 11 nitrogen and oxygen atoms in total. The number of carbonyl (C=O) groups excluding carboxylic acids is 3. The van der Waals surface area contributed by atoms with Crippen LogP contribution in [0.5, 0.6) is 5.75 Å². The van der Waals surface area contributed by atoms with Crippen molar-refractivity contribution in [3.63, 3.8) is 0 Å². The van der Waals surface area contributed by atoms with Crippen LogP contribution in [0, 0.1) is 12.8 Å². The molecule has 1 aliphatic rings. The highest BCUT2D eigenvalue weighted by Gasteiger charge is 2.26. The number of nitrogens with zero attached hydrogens (tertiary/aromatic N) is 1. The molecule has 0 saturated heterocycles. The fourth-order valence-electron chi connectivity index (χ4n) is 3.53. The maximum atomic E-state index is 13.2. The lowest BCUT2D eigenvalue weighted by molar-refractivity contribution is -0.122. The number of aryl methyl sites for hydroxylation is 1. The number of rotatable bonds is 10. The summed E-state index contributed by atoms with van der Waals surface area (Å²) in [7, 11) is 1.54. The number of pyridine rings is 1. The Labute approximate surface area is 227 Å². The number of ether oxygens (including phenoxy) is 4. The number of hydrogen-bond donors (Lipinski definition) is 2. The molecule has 1 heterocycles. The number of carbonyl (C=O) groups is 4. The summed E-state index contributed by atoms with van der Waals surface area (Å²) in [5.41, 5.74) is 2.69. The molecule has 0 bridgehead atoms. The van der Waals surface area contributed by atoms with E-state index in [1.807, 2.05) is 13.0 Å². The van der Waals surface area contributed by atoms with E-state index in [4.69, 9.17) is 28.8 Å². The zero-order valence-electron chi connectivity index (χ0n) is 22.7. The van der Waals surface area contributed by atoms with Crippen molar-refractivity contribution in [2.45, 2.75) is 52.9 Å². The van der Waals surface area contributed by atoms with Gasteiger partial charge < -0.3 is 29.4 Å². The first-order valence-electron chi connectivity index (χ1n) is 12.3. The van der Waals surface area contributed by atoms with Gasteiger partial charge in [0.25, 0.3) is 12.4 Å². The van der Waals surface area contributed by atoms with Gasteiger partial charge in [-0.1, -0.05) is 12.7 Å². The first-order valence-corrected chi connectivity index (χ1v) is 12.3. The minimum atomic E-state index is -1.25. The SMILES string of the molecule is C=Cc1cc(C)c(-c2ccc(C(=O)NCC3CC3)nc2C(=O)OC(C)OC(=O)OC(C)C)cc1OC.O=CO. The number of aromatic nitrogens is 1. The van der Waals surface area contributed by atoms with Crippen LogP contribution in [0.15, 0.2) is 30.8 Å². The lowest BCUT2D eigenvalue weighted by atomic mass is 9.96. The molecule has 0 aliphatic heterocycles. The van der Waals surface area contributed by atoms with E-state index >= 15 is 0 Å². The van der Waals surface area contributed by atoms with Gasteiger partial charge in [0.15, 0.2) is 5.69 Å². The second-order valence-corrected chi connectivity index (χ2v) is 8.97. The average molecular weight is 543 g/mol. The van der Waals surface area contributed by atoms with Gasteiger partial charge in [-0.05, 0) is 74.9 Å². The Morgan fingerprint density at radius 2 is 1.79 bits per heavy atom. The molecule has 0 radical (unpaired) electrons. The topological polar surface area (TPSA) is 150 Å². The number of benzene rings is 1. The maximum absolute atomic E-state index is 13.2. The van der Waals surface area contributed by atoms with E-state index in [-0.39, 0.29) is 23.8 Å². The minimum Gasteiger partial charge on any atom is -0.496 e. The summed E-state index contributed by atoms with van der Waals surface area (Å²) in [5.74, 6) is -0.203. The molecular formula is C28H34N2O9. The largest absolute Gasteiger partial charge is 0.511 e. The lowest BCUT2D eigenvalue weighted by Crippen LogP contribution is -2.28. The third kappa shape index (κ3) is 9.13. The van der Waals surface area contributed by atoms with Gasteiger partial charge in [0.05, 0.1) is 13.2 Å². The molecule has 11 heteroatoms. The lowest BCUT2D eigenvalue weighted by Gasteiger charge is -2.18. The van der Waals surface area contributed by atoms with Gasteiger partial charge in [0.1, 0.15) is 11.4 Å². The molecule has 1 aromatic heterocycles. The van der Waals surface area contributed by atoms with Crippen LogP contribution in [0.3, 0.4) is 0 Å². The van der Waals surface area contributed by atoms with Gasteiger partial charge in [0.2, 0.25) is 6.29 Å². The second kappa shape index (κ2) is 14.5. The smallest absolute Gasteiger partial charge is 0.496 e. The summed E-state index contributed by atoms with van der Waals surface area (Å²) < 4.78 is 20.7. The molecule has 1 atom stereocenters. The van der Waals surface area contributed by atoms with Crippen LogP contribution in [0.25, 0.3) is 17.2 Å². The van der Waals surface area contributed by atoms with Crippen molar-refractivity contribution in [3.05, 3.63) is 53.4 Å². The molecule has 3 rings (SSSR count). The number of hydrogen-bond acceptors (Lipinski definition) is 9. The van der Waals surface area contributed by atoms with Crippen LogP contribution in [-0.4, -0.2) is 60.6 Å². The molecule has 39 heavy (non-hydrogen) atoms. The van der Waals surface area contributed by atoms with E-state index in [0.717, 1.165) is 24.0 Å². The fourth-order valence-corrected chi connectivity index (χ4v) is 3.53. The first-order chi connectivity index (χ1) is 18.5. The number of esters is 1. The van der Waals surface area contributed by atoms with Gasteiger partial charge in [-0.3, -0.25) is 9.59 Å². The van der Waals surface area contributed by atoms with E-state index < -0.39 is 24.5 Å². The molecule has 210 valence electrons. The highest BCUT2D eigenvalue weighted by Crippen LogP contribution is 2.33. The maximum Gasteiger partial charge on any atom is 0.511 e. The normalized spacial score (nSPS) is 12.8. The molecule has 1 aromatic carbocycles. The van der Waals surface area contributed by atoms with Crippen molar-refractivity contribution in [2.24, 2.45) is 5.92 Å². The summed E-state index contributed by atoms with van der Waals surface area (Å²) in [6.45, 7) is 10.7. The van der Waals surface area contributed by atoms with Gasteiger partial charge in [-0.25, -0.2) is 14.6 Å².